The largest absolute Gasteiger partial charge is 0.323 e. The molecule has 2 aromatic rings. The van der Waals surface area contributed by atoms with E-state index < -0.39 is 22.0 Å². The molecule has 0 saturated heterocycles. The van der Waals surface area contributed by atoms with Crippen molar-refractivity contribution in [3.05, 3.63) is 54.6 Å². The average Bonchev–Trinajstić information content (AvgIpc) is 2.56. The Bertz CT molecular complexity index is 887. The zero-order valence-electron chi connectivity index (χ0n) is 12.3. The lowest BCUT2D eigenvalue weighted by molar-refractivity contribution is -0.116. The first-order valence-electron chi connectivity index (χ1n) is 6.69. The van der Waals surface area contributed by atoms with Crippen molar-refractivity contribution in [1.29, 1.82) is 5.26 Å². The summed E-state index contributed by atoms with van der Waals surface area (Å²) < 4.78 is 22.3. The van der Waals surface area contributed by atoms with Gasteiger partial charge in [-0.15, -0.1) is 0 Å². The summed E-state index contributed by atoms with van der Waals surface area (Å²) in [6.45, 7) is 0. The third-order valence-corrected chi connectivity index (χ3v) is 3.80. The third-order valence-electron chi connectivity index (χ3n) is 2.87. The van der Waals surface area contributed by atoms with Gasteiger partial charge in [-0.2, -0.15) is 15.5 Å². The van der Waals surface area contributed by atoms with Crippen molar-refractivity contribution in [2.24, 2.45) is 15.4 Å². The first-order chi connectivity index (χ1) is 11.4. The number of nitrogens with zero attached hydrogens (tertiary/aromatic N) is 3. The Morgan fingerprint density at radius 3 is 2.29 bits per heavy atom. The van der Waals surface area contributed by atoms with E-state index in [1.54, 1.807) is 36.4 Å². The molecule has 1 amide bonds. The van der Waals surface area contributed by atoms with E-state index in [4.69, 9.17) is 10.4 Å². The number of rotatable bonds is 5. The number of carbonyl (C=O) groups excluding carboxylic acids is 1. The van der Waals surface area contributed by atoms with Crippen LogP contribution in [0.25, 0.3) is 0 Å². The molecule has 9 heteroatoms. The van der Waals surface area contributed by atoms with Crippen LogP contribution in [0.2, 0.25) is 0 Å². The van der Waals surface area contributed by atoms with Crippen molar-refractivity contribution in [3.8, 4) is 6.07 Å². The maximum absolute atomic E-state index is 12.0. The average molecular weight is 343 g/mol. The van der Waals surface area contributed by atoms with E-state index in [-0.39, 0.29) is 4.90 Å². The molecule has 2 rings (SSSR count). The molecule has 0 saturated carbocycles. The van der Waals surface area contributed by atoms with Gasteiger partial charge in [0.05, 0.1) is 10.6 Å². The van der Waals surface area contributed by atoms with E-state index in [1.165, 1.54) is 24.3 Å². The van der Waals surface area contributed by atoms with E-state index in [1.807, 2.05) is 0 Å². The SMILES string of the molecule is N#CC(N=Nc1ccccc1)C(=O)Nc1ccc(S(N)(=O)=O)cc1. The molecule has 0 spiro atoms. The molecule has 0 aliphatic rings. The van der Waals surface area contributed by atoms with Crippen LogP contribution in [0.5, 0.6) is 0 Å². The van der Waals surface area contributed by atoms with Gasteiger partial charge >= 0.3 is 0 Å². The maximum Gasteiger partial charge on any atom is 0.265 e. The topological polar surface area (TPSA) is 138 Å². The molecule has 1 atom stereocenters. The normalized spacial score (nSPS) is 12.5. The lowest BCUT2D eigenvalue weighted by Gasteiger charge is -2.06. The monoisotopic (exact) mass is 343 g/mol. The number of amides is 1. The summed E-state index contributed by atoms with van der Waals surface area (Å²) in [7, 11) is -3.81. The van der Waals surface area contributed by atoms with Gasteiger partial charge in [-0.3, -0.25) is 4.79 Å². The molecule has 0 aliphatic heterocycles. The highest BCUT2D eigenvalue weighted by atomic mass is 32.2. The van der Waals surface area contributed by atoms with Crippen molar-refractivity contribution in [2.75, 3.05) is 5.32 Å². The van der Waals surface area contributed by atoms with Gasteiger partial charge in [0.1, 0.15) is 6.07 Å². The smallest absolute Gasteiger partial charge is 0.265 e. The van der Waals surface area contributed by atoms with Gasteiger partial charge in [-0.25, -0.2) is 13.6 Å². The number of hydrogen-bond donors (Lipinski definition) is 2. The molecular formula is C15H13N5O3S. The van der Waals surface area contributed by atoms with Crippen molar-refractivity contribution >= 4 is 27.3 Å². The second-order valence-electron chi connectivity index (χ2n) is 4.64. The zero-order valence-corrected chi connectivity index (χ0v) is 13.1. The van der Waals surface area contributed by atoms with Crippen LogP contribution in [-0.2, 0) is 14.8 Å². The first-order valence-corrected chi connectivity index (χ1v) is 8.24. The van der Waals surface area contributed by atoms with Crippen LogP contribution in [0.3, 0.4) is 0 Å². The van der Waals surface area contributed by atoms with Crippen molar-refractivity contribution in [2.45, 2.75) is 10.9 Å². The molecule has 0 bridgehead atoms. The highest BCUT2D eigenvalue weighted by Crippen LogP contribution is 2.14. The van der Waals surface area contributed by atoms with Crippen LogP contribution < -0.4 is 10.5 Å². The van der Waals surface area contributed by atoms with E-state index in [2.05, 4.69) is 15.5 Å². The van der Waals surface area contributed by atoms with Crippen LogP contribution in [0.1, 0.15) is 0 Å². The van der Waals surface area contributed by atoms with Gasteiger partial charge in [0.2, 0.25) is 16.1 Å². The Hall–Kier alpha value is -3.09. The Labute approximate surface area is 138 Å². The summed E-state index contributed by atoms with van der Waals surface area (Å²) in [5.74, 6) is -0.680. The fourth-order valence-electron chi connectivity index (χ4n) is 1.69. The number of nitrogens with one attached hydrogen (secondary N) is 1. The van der Waals surface area contributed by atoms with Crippen molar-refractivity contribution in [1.82, 2.24) is 0 Å². The van der Waals surface area contributed by atoms with E-state index in [9.17, 15) is 13.2 Å². The third kappa shape index (κ3) is 4.70. The molecule has 1 unspecified atom stereocenters. The van der Waals surface area contributed by atoms with Gasteiger partial charge < -0.3 is 5.32 Å². The predicted molar refractivity (Wildman–Crippen MR) is 86.8 cm³/mol. The predicted octanol–water partition coefficient (Wildman–Crippen LogP) is 1.95. The van der Waals surface area contributed by atoms with Gasteiger partial charge in [-0.05, 0) is 36.4 Å². The highest BCUT2D eigenvalue weighted by Gasteiger charge is 2.17. The van der Waals surface area contributed by atoms with E-state index in [0.717, 1.165) is 0 Å². The molecule has 2 aromatic carbocycles. The molecule has 8 nitrogen and oxygen atoms in total. The van der Waals surface area contributed by atoms with Crippen LogP contribution in [0, 0.1) is 11.3 Å². The van der Waals surface area contributed by atoms with Crippen molar-refractivity contribution in [3.63, 3.8) is 0 Å². The summed E-state index contributed by atoms with van der Waals surface area (Å²) in [6.07, 6.45) is 0. The lowest BCUT2D eigenvalue weighted by Crippen LogP contribution is -2.24. The van der Waals surface area contributed by atoms with Crippen LogP contribution in [0.15, 0.2) is 69.7 Å². The summed E-state index contributed by atoms with van der Waals surface area (Å²) in [5.41, 5.74) is 0.825. The van der Waals surface area contributed by atoms with Gasteiger partial charge in [-0.1, -0.05) is 18.2 Å². The van der Waals surface area contributed by atoms with Gasteiger partial charge in [0.15, 0.2) is 0 Å². The minimum atomic E-state index is -3.81. The number of hydrogen-bond acceptors (Lipinski definition) is 6. The molecule has 0 heterocycles. The molecule has 0 aromatic heterocycles. The Morgan fingerprint density at radius 2 is 1.75 bits per heavy atom. The molecule has 3 N–H and O–H groups in total. The number of nitriles is 1. The number of carbonyl (C=O) groups is 1. The number of anilines is 1. The van der Waals surface area contributed by atoms with Crippen molar-refractivity contribution < 1.29 is 13.2 Å². The molecule has 0 fully saturated rings. The Kier molecular flexibility index (Phi) is 5.36. The summed E-state index contributed by atoms with van der Waals surface area (Å²) >= 11 is 0. The summed E-state index contributed by atoms with van der Waals surface area (Å²) in [4.78, 5) is 11.9. The summed E-state index contributed by atoms with van der Waals surface area (Å²) in [6, 6.07) is 14.3. The van der Waals surface area contributed by atoms with Gasteiger partial charge in [0, 0.05) is 5.69 Å². The van der Waals surface area contributed by atoms with Crippen LogP contribution in [0.4, 0.5) is 11.4 Å². The minimum Gasteiger partial charge on any atom is -0.323 e. The highest BCUT2D eigenvalue weighted by molar-refractivity contribution is 7.89. The Balaban J connectivity index is 2.07. The number of benzene rings is 2. The maximum atomic E-state index is 12.0. The molecule has 122 valence electrons. The molecular weight excluding hydrogens is 330 g/mol. The van der Waals surface area contributed by atoms with Gasteiger partial charge in [0.25, 0.3) is 5.91 Å². The Morgan fingerprint density at radius 1 is 1.12 bits per heavy atom. The summed E-state index contributed by atoms with van der Waals surface area (Å²) in [5, 5.41) is 24.0. The first kappa shape index (κ1) is 17.3. The van der Waals surface area contributed by atoms with E-state index >= 15 is 0 Å². The molecule has 24 heavy (non-hydrogen) atoms. The van der Waals surface area contributed by atoms with Crippen LogP contribution in [-0.4, -0.2) is 20.4 Å². The fraction of sp³-hybridized carbons (Fsp3) is 0.0667. The number of nitrogens with two attached hydrogens (primary N) is 1. The lowest BCUT2D eigenvalue weighted by atomic mass is 10.3. The second-order valence-corrected chi connectivity index (χ2v) is 6.20. The quantitative estimate of drug-likeness (QED) is 0.801. The number of sulfonamides is 1. The number of primary sulfonamides is 1. The molecule has 0 aliphatic carbocycles. The molecule has 0 radical (unpaired) electrons. The second kappa shape index (κ2) is 7.45. The minimum absolute atomic E-state index is 0.0823. The standard InChI is InChI=1S/C15H13N5O3S/c16-10-14(20-19-12-4-2-1-3-5-12)15(21)18-11-6-8-13(9-7-11)24(17,22)23/h1-9,14H,(H,18,21)(H2,17,22,23). The fourth-order valence-corrected chi connectivity index (χ4v) is 2.21. The van der Waals surface area contributed by atoms with E-state index in [0.29, 0.717) is 11.4 Å². The van der Waals surface area contributed by atoms with Crippen LogP contribution >= 0.6 is 0 Å². The zero-order chi connectivity index (χ0) is 17.6. The number of azo groups is 1.